The zero-order valence-corrected chi connectivity index (χ0v) is 17.6. The molecule has 152 valence electrons. The highest BCUT2D eigenvalue weighted by molar-refractivity contribution is 7.87. The molecule has 0 aromatic heterocycles. The molecule has 1 N–H and O–H groups in total. The molecule has 0 spiro atoms. The molecule has 0 bridgehead atoms. The Morgan fingerprint density at radius 1 is 1.14 bits per heavy atom. The van der Waals surface area contributed by atoms with E-state index in [2.05, 4.69) is 5.32 Å². The van der Waals surface area contributed by atoms with Crippen LogP contribution < -0.4 is 9.50 Å². The van der Waals surface area contributed by atoms with Crippen LogP contribution in [0.2, 0.25) is 0 Å². The van der Waals surface area contributed by atoms with Crippen LogP contribution in [-0.2, 0) is 16.7 Å². The fourth-order valence-corrected chi connectivity index (χ4v) is 3.18. The minimum atomic E-state index is -3.59. The number of rotatable bonds is 8. The second-order valence-corrected chi connectivity index (χ2v) is 8.62. The zero-order valence-electron chi connectivity index (χ0n) is 16.8. The van der Waals surface area contributed by atoms with Gasteiger partial charge in [-0.2, -0.15) is 8.42 Å². The molecule has 0 fully saturated rings. The number of hydrogen-bond acceptors (Lipinski definition) is 4. The highest BCUT2D eigenvalue weighted by Gasteiger charge is 2.20. The van der Waals surface area contributed by atoms with Gasteiger partial charge in [0.15, 0.2) is 0 Å². The number of urea groups is 1. The molecule has 2 rings (SSSR count). The van der Waals surface area contributed by atoms with Gasteiger partial charge in [-0.05, 0) is 62.6 Å². The van der Waals surface area contributed by atoms with E-state index in [0.29, 0.717) is 6.54 Å². The Bertz CT molecular complexity index is 912. The number of carbonyl (C=O) groups is 1. The smallest absolute Gasteiger partial charge is 0.322 e. The first-order valence-electron chi connectivity index (χ1n) is 9.39. The van der Waals surface area contributed by atoms with Crippen LogP contribution >= 0.6 is 0 Å². The molecule has 7 heteroatoms. The lowest BCUT2D eigenvalue weighted by molar-refractivity contribution is 0.187. The Kier molecular flexibility index (Phi) is 7.45. The summed E-state index contributed by atoms with van der Waals surface area (Å²) in [4.78, 5) is 14.6. The lowest BCUT2D eigenvalue weighted by atomic mass is 10.1. The highest BCUT2D eigenvalue weighted by atomic mass is 32.2. The Balaban J connectivity index is 2.19. The van der Waals surface area contributed by atoms with Crippen molar-refractivity contribution in [3.05, 3.63) is 59.7 Å². The molecule has 0 saturated carbocycles. The number of hydrogen-bond donors (Lipinski definition) is 1. The molecule has 1 atom stereocenters. The van der Waals surface area contributed by atoms with Gasteiger partial charge < -0.3 is 14.4 Å². The lowest BCUT2D eigenvalue weighted by Gasteiger charge is -2.29. The number of amides is 2. The number of anilines is 1. The summed E-state index contributed by atoms with van der Waals surface area (Å²) in [6.07, 6.45) is 0.793. The van der Waals surface area contributed by atoms with Gasteiger partial charge in [0.25, 0.3) is 0 Å². The minimum Gasteiger partial charge on any atom is -0.382 e. The molecule has 1 unspecified atom stereocenters. The predicted octanol–water partition coefficient (Wildman–Crippen LogP) is 4.56. The molecule has 0 aliphatic carbocycles. The minimum absolute atomic E-state index is 0.00811. The normalized spacial score (nSPS) is 12.3. The largest absolute Gasteiger partial charge is 0.382 e. The van der Waals surface area contributed by atoms with Crippen molar-refractivity contribution in [3.8, 4) is 5.75 Å². The van der Waals surface area contributed by atoms with Crippen molar-refractivity contribution >= 4 is 21.8 Å². The molecule has 2 aromatic carbocycles. The molecule has 0 radical (unpaired) electrons. The third-order valence-electron chi connectivity index (χ3n) is 4.48. The summed E-state index contributed by atoms with van der Waals surface area (Å²) in [5, 5.41) is 2.94. The lowest BCUT2D eigenvalue weighted by Crippen LogP contribution is -2.40. The fraction of sp³-hybridized carbons (Fsp3) is 0.381. The monoisotopic (exact) mass is 404 g/mol. The first kappa shape index (κ1) is 21.8. The van der Waals surface area contributed by atoms with Gasteiger partial charge in [-0.1, -0.05) is 31.2 Å². The van der Waals surface area contributed by atoms with Crippen LogP contribution in [0.4, 0.5) is 10.5 Å². The van der Waals surface area contributed by atoms with Gasteiger partial charge in [-0.15, -0.1) is 0 Å². The first-order chi connectivity index (χ1) is 13.2. The summed E-state index contributed by atoms with van der Waals surface area (Å²) in [5.74, 6) is 0.150. The second kappa shape index (κ2) is 9.59. The Morgan fingerprint density at radius 2 is 1.86 bits per heavy atom. The number of nitrogens with zero attached hydrogens (tertiary/aromatic N) is 1. The number of aryl methyl sites for hydroxylation is 1. The van der Waals surface area contributed by atoms with Crippen molar-refractivity contribution in [1.82, 2.24) is 4.90 Å². The van der Waals surface area contributed by atoms with Crippen molar-refractivity contribution in [2.45, 2.75) is 46.7 Å². The Morgan fingerprint density at radius 3 is 2.50 bits per heavy atom. The van der Waals surface area contributed by atoms with Gasteiger partial charge in [0.05, 0.1) is 5.75 Å². The Labute approximate surface area is 167 Å². The van der Waals surface area contributed by atoms with Gasteiger partial charge in [-0.25, -0.2) is 4.79 Å². The maximum atomic E-state index is 12.9. The van der Waals surface area contributed by atoms with Crippen LogP contribution in [0.25, 0.3) is 0 Å². The van der Waals surface area contributed by atoms with E-state index < -0.39 is 10.1 Å². The topological polar surface area (TPSA) is 75.7 Å². The molecule has 2 aromatic rings. The molecule has 0 aliphatic heterocycles. The SMILES string of the molecule is CCC(C)N(Cc1cccc(OS(=O)(=O)CC)c1)C(=O)Nc1cccc(C)c1. The van der Waals surface area contributed by atoms with E-state index in [1.165, 1.54) is 6.92 Å². The van der Waals surface area contributed by atoms with Crippen molar-refractivity contribution in [3.63, 3.8) is 0 Å². The van der Waals surface area contributed by atoms with E-state index in [1.54, 1.807) is 23.1 Å². The quantitative estimate of drug-likeness (QED) is 0.655. The van der Waals surface area contributed by atoms with E-state index in [0.717, 1.165) is 23.2 Å². The van der Waals surface area contributed by atoms with Crippen LogP contribution in [0.5, 0.6) is 5.75 Å². The standard InChI is InChI=1S/C21H28N2O4S/c1-5-17(4)23(21(24)22-19-11-7-9-16(3)13-19)15-18-10-8-12-20(14-18)27-28(25,26)6-2/h7-14,17H,5-6,15H2,1-4H3,(H,22,24). The predicted molar refractivity (Wildman–Crippen MR) is 112 cm³/mol. The summed E-state index contributed by atoms with van der Waals surface area (Å²) >= 11 is 0. The van der Waals surface area contributed by atoms with E-state index in [1.807, 2.05) is 51.1 Å². The van der Waals surface area contributed by atoms with Crippen LogP contribution in [0, 0.1) is 6.92 Å². The molecular weight excluding hydrogens is 376 g/mol. The van der Waals surface area contributed by atoms with Gasteiger partial charge in [0.1, 0.15) is 5.75 Å². The molecule has 0 saturated heterocycles. The average molecular weight is 405 g/mol. The van der Waals surface area contributed by atoms with Crippen molar-refractivity contribution in [1.29, 1.82) is 0 Å². The number of nitrogens with one attached hydrogen (secondary N) is 1. The van der Waals surface area contributed by atoms with E-state index in [9.17, 15) is 13.2 Å². The molecule has 0 heterocycles. The summed E-state index contributed by atoms with van der Waals surface area (Å²) < 4.78 is 28.5. The van der Waals surface area contributed by atoms with E-state index in [-0.39, 0.29) is 23.6 Å². The van der Waals surface area contributed by atoms with Crippen molar-refractivity contribution < 1.29 is 17.4 Å². The Hall–Kier alpha value is -2.54. The summed E-state index contributed by atoms with van der Waals surface area (Å²) in [6, 6.07) is 14.3. The van der Waals surface area contributed by atoms with Gasteiger partial charge >= 0.3 is 16.1 Å². The summed E-state index contributed by atoms with van der Waals surface area (Å²) in [7, 11) is -3.59. The van der Waals surface area contributed by atoms with Crippen molar-refractivity contribution in [2.75, 3.05) is 11.1 Å². The molecule has 0 aliphatic rings. The van der Waals surface area contributed by atoms with E-state index in [4.69, 9.17) is 4.18 Å². The fourth-order valence-electron chi connectivity index (χ4n) is 2.66. The second-order valence-electron chi connectivity index (χ2n) is 6.76. The van der Waals surface area contributed by atoms with Crippen LogP contribution in [0.3, 0.4) is 0 Å². The number of benzene rings is 2. The van der Waals surface area contributed by atoms with Gasteiger partial charge in [0.2, 0.25) is 0 Å². The van der Waals surface area contributed by atoms with E-state index >= 15 is 0 Å². The maximum absolute atomic E-state index is 12.9. The number of carbonyl (C=O) groups excluding carboxylic acids is 1. The maximum Gasteiger partial charge on any atom is 0.322 e. The molecule has 28 heavy (non-hydrogen) atoms. The first-order valence-corrected chi connectivity index (χ1v) is 11.0. The van der Waals surface area contributed by atoms with Gasteiger partial charge in [-0.3, -0.25) is 0 Å². The molecular formula is C21H28N2O4S. The summed E-state index contributed by atoms with van der Waals surface area (Å²) in [6.45, 7) is 7.84. The van der Waals surface area contributed by atoms with Crippen LogP contribution in [-0.4, -0.2) is 31.1 Å². The molecule has 2 amide bonds. The molecule has 6 nitrogen and oxygen atoms in total. The third-order valence-corrected chi connectivity index (χ3v) is 5.63. The third kappa shape index (κ3) is 6.27. The summed E-state index contributed by atoms with van der Waals surface area (Å²) in [5.41, 5.74) is 2.60. The van der Waals surface area contributed by atoms with Crippen LogP contribution in [0.15, 0.2) is 48.5 Å². The van der Waals surface area contributed by atoms with Gasteiger partial charge in [0, 0.05) is 18.3 Å². The highest BCUT2D eigenvalue weighted by Crippen LogP contribution is 2.20. The van der Waals surface area contributed by atoms with Crippen molar-refractivity contribution in [2.24, 2.45) is 0 Å². The van der Waals surface area contributed by atoms with Crippen LogP contribution in [0.1, 0.15) is 38.3 Å². The zero-order chi connectivity index (χ0) is 20.7. The average Bonchev–Trinajstić information content (AvgIpc) is 2.65.